The summed E-state index contributed by atoms with van der Waals surface area (Å²) in [5.41, 5.74) is 9.56. The van der Waals surface area contributed by atoms with Gasteiger partial charge in [0.25, 0.3) is 0 Å². The van der Waals surface area contributed by atoms with Crippen LogP contribution in [0.1, 0.15) is 131 Å². The van der Waals surface area contributed by atoms with Crippen LogP contribution in [0.3, 0.4) is 0 Å². The van der Waals surface area contributed by atoms with E-state index in [0.717, 1.165) is 38.6 Å². The second-order valence-corrected chi connectivity index (χ2v) is 20.2. The molecule has 0 heterocycles. The molecule has 0 atom stereocenters. The van der Waals surface area contributed by atoms with Crippen LogP contribution in [-0.4, -0.2) is 14.7 Å². The Bertz CT molecular complexity index is 2050. The average molecular weight is 678 g/mol. The summed E-state index contributed by atoms with van der Waals surface area (Å²) in [5, 5.41) is 4.91. The molecule has 0 aliphatic heterocycles. The van der Waals surface area contributed by atoms with Gasteiger partial charge >= 0.3 is 7.94 Å². The molecule has 3 nitrogen and oxygen atoms in total. The van der Waals surface area contributed by atoms with E-state index < -0.39 is 7.94 Å². The minimum absolute atomic E-state index is 0.0184. The number of hydrogen-bond acceptors (Lipinski definition) is 3. The van der Waals surface area contributed by atoms with Gasteiger partial charge in [-0.1, -0.05) is 133 Å². The Labute approximate surface area is 296 Å². The van der Waals surface area contributed by atoms with Gasteiger partial charge in [0.15, 0.2) is 5.30 Å². The fraction of sp³-hybridized carbons (Fsp3) is 0.422. The lowest BCUT2D eigenvalue weighted by Crippen LogP contribution is -2.21. The maximum absolute atomic E-state index is 10.9. The zero-order valence-corrected chi connectivity index (χ0v) is 33.2. The molecule has 3 N–H and O–H groups in total. The van der Waals surface area contributed by atoms with Gasteiger partial charge in [-0.15, -0.1) is 0 Å². The summed E-state index contributed by atoms with van der Waals surface area (Å²) in [4.78, 5) is 32.7. The van der Waals surface area contributed by atoms with Crippen LogP contribution in [0.25, 0.3) is 43.8 Å². The summed E-state index contributed by atoms with van der Waals surface area (Å²) in [6, 6.07) is 26.6. The van der Waals surface area contributed by atoms with Crippen LogP contribution in [0.15, 0.2) is 72.8 Å². The zero-order valence-electron chi connectivity index (χ0n) is 32.3. The maximum atomic E-state index is 10.9. The lowest BCUT2D eigenvalue weighted by molar-refractivity contribution is 0.346. The summed E-state index contributed by atoms with van der Waals surface area (Å²) in [5.74, 6) is -0.101. The first kappa shape index (κ1) is 37.2. The molecule has 5 aromatic carbocycles. The highest BCUT2D eigenvalue weighted by molar-refractivity contribution is 7.66. The van der Waals surface area contributed by atoms with Crippen LogP contribution in [0.5, 0.6) is 0 Å². The van der Waals surface area contributed by atoms with Gasteiger partial charge in [-0.05, 0) is 130 Å². The highest BCUT2D eigenvalue weighted by Gasteiger charge is 2.40. The fourth-order valence-electron chi connectivity index (χ4n) is 7.17. The Hall–Kier alpha value is -3.07. The lowest BCUT2D eigenvalue weighted by atomic mass is 9.74. The van der Waals surface area contributed by atoms with Crippen molar-refractivity contribution in [3.63, 3.8) is 0 Å². The second kappa shape index (κ2) is 12.3. The first-order valence-electron chi connectivity index (χ1n) is 17.7. The first-order valence-corrected chi connectivity index (χ1v) is 19.4. The van der Waals surface area contributed by atoms with E-state index >= 15 is 0 Å². The number of benzene rings is 5. The van der Waals surface area contributed by atoms with Crippen LogP contribution in [0.4, 0.5) is 0 Å². The van der Waals surface area contributed by atoms with Crippen molar-refractivity contribution in [3.8, 4) is 22.3 Å². The third-order valence-corrected chi connectivity index (χ3v) is 11.0. The Balaban J connectivity index is 1.99. The first-order chi connectivity index (χ1) is 22.3. The number of rotatable bonds is 4. The fourth-order valence-corrected chi connectivity index (χ4v) is 8.14. The van der Waals surface area contributed by atoms with E-state index in [1.165, 1.54) is 33.0 Å². The van der Waals surface area contributed by atoms with Gasteiger partial charge in [0, 0.05) is 5.56 Å². The minimum atomic E-state index is -4.35. The predicted molar refractivity (Wildman–Crippen MR) is 214 cm³/mol. The molecule has 0 saturated carbocycles. The van der Waals surface area contributed by atoms with E-state index in [2.05, 4.69) is 158 Å². The normalized spacial score (nSPS) is 13.6. The largest absolute Gasteiger partial charge is 0.441 e. The molecule has 5 rings (SSSR count). The molecule has 0 fully saturated rings. The highest BCUT2D eigenvalue weighted by Crippen LogP contribution is 2.52. The van der Waals surface area contributed by atoms with E-state index in [1.54, 1.807) is 6.07 Å². The topological polar surface area (TPSA) is 60.7 Å². The van der Waals surface area contributed by atoms with Crippen molar-refractivity contribution in [2.45, 2.75) is 125 Å². The van der Waals surface area contributed by atoms with Crippen LogP contribution in [-0.2, 0) is 21.7 Å². The molecule has 49 heavy (non-hydrogen) atoms. The second-order valence-electron chi connectivity index (χ2n) is 18.6. The van der Waals surface area contributed by atoms with E-state index in [4.69, 9.17) is 0 Å². The quantitative estimate of drug-likeness (QED) is 0.166. The summed E-state index contributed by atoms with van der Waals surface area (Å²) in [6.07, 6.45) is 0. The van der Waals surface area contributed by atoms with Crippen molar-refractivity contribution in [3.05, 3.63) is 101 Å². The van der Waals surface area contributed by atoms with Crippen molar-refractivity contribution in [2.75, 3.05) is 0 Å². The molecule has 0 unspecified atom stereocenters. The van der Waals surface area contributed by atoms with Crippen LogP contribution in [0, 0.1) is 0 Å². The standard InChI is InChI=1S/C45H58O3P/c1-27(2)40-39(49(46,47)48)20-19-34(35-23-28-15-17-32(42(3,4)5)21-30(28)25-37(35)44(9,10)11)41(40)36-24-29-16-18-33(43(6,7)8)22-31(29)26-38(36)45(12,13)14/h15-27,46-48H,1-14H3/q+1. The van der Waals surface area contributed by atoms with Crippen LogP contribution >= 0.6 is 7.94 Å². The zero-order chi connectivity index (χ0) is 36.6. The summed E-state index contributed by atoms with van der Waals surface area (Å²) in [6.45, 7) is 31.2. The van der Waals surface area contributed by atoms with Gasteiger partial charge in [-0.3, -0.25) is 0 Å². The van der Waals surface area contributed by atoms with Crippen molar-refractivity contribution in [2.24, 2.45) is 0 Å². The SMILES string of the molecule is CC(C)c1c([P+](O)(O)O)ccc(-c2cc3ccc(C(C)(C)C)cc3cc2C(C)(C)C)c1-c1cc2ccc(C(C)(C)C)cc2cc1C(C)(C)C. The van der Waals surface area contributed by atoms with Crippen molar-refractivity contribution < 1.29 is 14.7 Å². The molecule has 0 radical (unpaired) electrons. The molecule has 5 aromatic rings. The van der Waals surface area contributed by atoms with E-state index in [9.17, 15) is 14.7 Å². The van der Waals surface area contributed by atoms with E-state index in [-0.39, 0.29) is 32.9 Å². The Morgan fingerprint density at radius 1 is 0.449 bits per heavy atom. The molecular weight excluding hydrogens is 619 g/mol. The monoisotopic (exact) mass is 677 g/mol. The molecule has 0 amide bonds. The Morgan fingerprint density at radius 3 is 1.27 bits per heavy atom. The summed E-state index contributed by atoms with van der Waals surface area (Å²) >= 11 is 0. The van der Waals surface area contributed by atoms with Gasteiger partial charge in [0.1, 0.15) is 0 Å². The van der Waals surface area contributed by atoms with Gasteiger partial charge in [-0.25, -0.2) is 0 Å². The van der Waals surface area contributed by atoms with E-state index in [1.807, 2.05) is 6.07 Å². The third-order valence-electron chi connectivity index (χ3n) is 9.98. The maximum Gasteiger partial charge on any atom is 0.441 e. The number of fused-ring (bicyclic) bond motifs is 2. The van der Waals surface area contributed by atoms with Gasteiger partial charge < -0.3 is 0 Å². The lowest BCUT2D eigenvalue weighted by Gasteiger charge is -2.30. The van der Waals surface area contributed by atoms with Gasteiger partial charge in [-0.2, -0.15) is 14.7 Å². The summed E-state index contributed by atoms with van der Waals surface area (Å²) in [7, 11) is -4.35. The molecule has 0 saturated heterocycles. The van der Waals surface area contributed by atoms with Crippen molar-refractivity contribution in [1.82, 2.24) is 0 Å². The Morgan fingerprint density at radius 2 is 0.878 bits per heavy atom. The molecule has 4 heteroatoms. The molecular formula is C45H58O3P+. The van der Waals surface area contributed by atoms with Crippen LogP contribution < -0.4 is 5.30 Å². The predicted octanol–water partition coefficient (Wildman–Crippen LogP) is 12.0. The molecule has 0 bridgehead atoms. The van der Waals surface area contributed by atoms with Crippen molar-refractivity contribution in [1.29, 1.82) is 0 Å². The highest BCUT2D eigenvalue weighted by atomic mass is 31.2. The van der Waals surface area contributed by atoms with E-state index in [0.29, 0.717) is 0 Å². The molecule has 0 aromatic heterocycles. The number of hydrogen-bond donors (Lipinski definition) is 3. The van der Waals surface area contributed by atoms with Crippen molar-refractivity contribution >= 4 is 34.8 Å². The van der Waals surface area contributed by atoms with Crippen LogP contribution in [0.2, 0.25) is 0 Å². The van der Waals surface area contributed by atoms with Gasteiger partial charge in [0.2, 0.25) is 0 Å². The molecule has 0 spiro atoms. The minimum Gasteiger partial charge on any atom is -0.189 e. The summed E-state index contributed by atoms with van der Waals surface area (Å²) < 4.78 is 0. The average Bonchev–Trinajstić information content (AvgIpc) is 2.96. The molecule has 0 aliphatic carbocycles. The Kier molecular flexibility index (Phi) is 9.34. The van der Waals surface area contributed by atoms with Gasteiger partial charge in [0.05, 0.1) is 0 Å². The third kappa shape index (κ3) is 7.38. The molecule has 0 aliphatic rings. The molecule has 260 valence electrons. The smallest absolute Gasteiger partial charge is 0.189 e.